The maximum absolute atomic E-state index is 12.8. The van der Waals surface area contributed by atoms with Crippen molar-refractivity contribution < 1.29 is 18.4 Å². The molecule has 39 heavy (non-hydrogen) atoms. The predicted octanol–water partition coefficient (Wildman–Crippen LogP) is 4.93. The number of hydrogen-bond acceptors (Lipinski definition) is 7. The molecule has 1 amide bonds. The van der Waals surface area contributed by atoms with Crippen LogP contribution in [0.25, 0.3) is 11.1 Å². The van der Waals surface area contributed by atoms with E-state index in [9.17, 15) is 14.9 Å². The minimum absolute atomic E-state index is 0.0151. The van der Waals surface area contributed by atoms with E-state index in [0.717, 1.165) is 22.5 Å². The first-order valence-electron chi connectivity index (χ1n) is 12.8. The molecule has 4 aromatic rings. The third kappa shape index (κ3) is 5.95. The van der Waals surface area contributed by atoms with E-state index in [-0.39, 0.29) is 23.7 Å². The molecule has 0 atom stereocenters. The lowest BCUT2D eigenvalue weighted by atomic mass is 9.99. The molecule has 3 heterocycles. The third-order valence-corrected chi connectivity index (χ3v) is 6.87. The van der Waals surface area contributed by atoms with Crippen LogP contribution in [0, 0.1) is 25.2 Å². The lowest BCUT2D eigenvalue weighted by molar-refractivity contribution is 0.0617. The highest BCUT2D eigenvalue weighted by atomic mass is 16.5. The maximum Gasteiger partial charge on any atom is 0.257 e. The van der Waals surface area contributed by atoms with Crippen molar-refractivity contribution in [3.05, 3.63) is 111 Å². The van der Waals surface area contributed by atoms with Crippen LogP contribution in [0.3, 0.4) is 0 Å². The summed E-state index contributed by atoms with van der Waals surface area (Å²) in [5.41, 5.74) is 3.70. The molecule has 5 rings (SSSR count). The number of nitrogens with zero attached hydrogens (tertiary/aromatic N) is 3. The minimum Gasteiger partial charge on any atom is -0.482 e. The van der Waals surface area contributed by atoms with Gasteiger partial charge in [-0.05, 0) is 42.7 Å². The summed E-state index contributed by atoms with van der Waals surface area (Å²) in [5, 5.41) is 9.33. The van der Waals surface area contributed by atoms with E-state index >= 15 is 0 Å². The highest BCUT2D eigenvalue weighted by Gasteiger charge is 2.25. The Hall–Kier alpha value is -4.61. The van der Waals surface area contributed by atoms with Crippen molar-refractivity contribution in [3.8, 4) is 22.9 Å². The summed E-state index contributed by atoms with van der Waals surface area (Å²) >= 11 is 0. The molecular weight excluding hydrogens is 494 g/mol. The fourth-order valence-electron chi connectivity index (χ4n) is 4.74. The maximum atomic E-state index is 12.8. The smallest absolute Gasteiger partial charge is 0.257 e. The van der Waals surface area contributed by atoms with Crippen LogP contribution in [-0.2, 0) is 13.2 Å². The van der Waals surface area contributed by atoms with Gasteiger partial charge in [0.05, 0.1) is 23.7 Å². The van der Waals surface area contributed by atoms with E-state index in [0.29, 0.717) is 55.4 Å². The molecule has 0 saturated carbocycles. The molecular formula is C31H29N3O5. The second-order valence-corrected chi connectivity index (χ2v) is 9.61. The van der Waals surface area contributed by atoms with Gasteiger partial charge in [-0.2, -0.15) is 5.26 Å². The van der Waals surface area contributed by atoms with E-state index in [1.807, 2.05) is 54.3 Å². The van der Waals surface area contributed by atoms with E-state index in [1.165, 1.54) is 12.3 Å². The molecule has 1 aliphatic heterocycles. The second kappa shape index (κ2) is 11.4. The van der Waals surface area contributed by atoms with E-state index in [4.69, 9.17) is 13.6 Å². The molecule has 1 fully saturated rings. The average molecular weight is 524 g/mol. The van der Waals surface area contributed by atoms with E-state index in [1.54, 1.807) is 19.1 Å². The van der Waals surface area contributed by atoms with Crippen molar-refractivity contribution >= 4 is 5.91 Å². The Kier molecular flexibility index (Phi) is 7.62. The Morgan fingerprint density at radius 1 is 1.03 bits per heavy atom. The van der Waals surface area contributed by atoms with Crippen LogP contribution in [-0.4, -0.2) is 41.9 Å². The zero-order valence-electron chi connectivity index (χ0n) is 22.0. The van der Waals surface area contributed by atoms with E-state index < -0.39 is 0 Å². The van der Waals surface area contributed by atoms with Crippen molar-refractivity contribution in [2.75, 3.05) is 26.2 Å². The molecule has 1 aliphatic rings. The van der Waals surface area contributed by atoms with Gasteiger partial charge in [-0.1, -0.05) is 42.5 Å². The summed E-state index contributed by atoms with van der Waals surface area (Å²) in [6.07, 6.45) is 1.36. The largest absolute Gasteiger partial charge is 0.482 e. The summed E-state index contributed by atoms with van der Waals surface area (Å²) in [4.78, 5) is 29.4. The molecule has 0 radical (unpaired) electrons. The summed E-state index contributed by atoms with van der Waals surface area (Å²) < 4.78 is 16.9. The van der Waals surface area contributed by atoms with Gasteiger partial charge in [0.25, 0.3) is 5.91 Å². The molecule has 198 valence electrons. The number of hydrogen-bond donors (Lipinski definition) is 0. The van der Waals surface area contributed by atoms with Crippen LogP contribution < -0.4 is 10.2 Å². The summed E-state index contributed by atoms with van der Waals surface area (Å²) in [5.74, 6) is 2.06. The molecule has 8 heteroatoms. The fourth-order valence-corrected chi connectivity index (χ4v) is 4.74. The number of furan rings is 1. The van der Waals surface area contributed by atoms with Gasteiger partial charge in [-0.15, -0.1) is 0 Å². The topological polar surface area (TPSA) is 99.9 Å². The van der Waals surface area contributed by atoms with Gasteiger partial charge in [0.15, 0.2) is 0 Å². The van der Waals surface area contributed by atoms with Crippen LogP contribution in [0.4, 0.5) is 0 Å². The highest BCUT2D eigenvalue weighted by Crippen LogP contribution is 2.24. The van der Waals surface area contributed by atoms with Crippen molar-refractivity contribution in [2.24, 2.45) is 0 Å². The number of aryl methyl sites for hydroxylation is 2. The number of piperazine rings is 1. The van der Waals surface area contributed by atoms with Crippen molar-refractivity contribution in [1.82, 2.24) is 9.80 Å². The number of ether oxygens (including phenoxy) is 1. The molecule has 0 aliphatic carbocycles. The second-order valence-electron chi connectivity index (χ2n) is 9.61. The van der Waals surface area contributed by atoms with Crippen molar-refractivity contribution in [2.45, 2.75) is 27.0 Å². The SMILES string of the molecule is Cc1cc(C(=O)N2CCN(Cc3cc(=O)c(OCc4ccc(-c5ccccc5C#N)cc4)co3)CC2)c(C)o1. The number of rotatable bonds is 7. The molecule has 0 bridgehead atoms. The first-order chi connectivity index (χ1) is 18.9. The zero-order chi connectivity index (χ0) is 27.4. The van der Waals surface area contributed by atoms with Crippen LogP contribution in [0.2, 0.25) is 0 Å². The van der Waals surface area contributed by atoms with Gasteiger partial charge in [0.2, 0.25) is 11.2 Å². The lowest BCUT2D eigenvalue weighted by Crippen LogP contribution is -2.48. The minimum atomic E-state index is -0.240. The number of nitriles is 1. The monoisotopic (exact) mass is 523 g/mol. The highest BCUT2D eigenvalue weighted by molar-refractivity contribution is 5.95. The van der Waals surface area contributed by atoms with Crippen molar-refractivity contribution in [3.63, 3.8) is 0 Å². The molecule has 0 N–H and O–H groups in total. The number of benzene rings is 2. The fraction of sp³-hybridized carbons (Fsp3) is 0.258. The van der Waals surface area contributed by atoms with Crippen LogP contribution in [0.5, 0.6) is 5.75 Å². The normalized spacial score (nSPS) is 13.7. The number of amides is 1. The molecule has 2 aromatic carbocycles. The summed E-state index contributed by atoms with van der Waals surface area (Å²) in [6.45, 7) is 6.88. The Balaban J connectivity index is 1.14. The molecule has 0 spiro atoms. The third-order valence-electron chi connectivity index (χ3n) is 6.87. The van der Waals surface area contributed by atoms with Gasteiger partial charge in [-0.25, -0.2) is 0 Å². The van der Waals surface area contributed by atoms with Crippen LogP contribution >= 0.6 is 0 Å². The standard InChI is InChI=1S/C31H29N3O5/c1-21-15-28(22(2)39-21)31(36)34-13-11-33(12-14-34)18-26-16-29(35)30(20-37-26)38-19-23-7-9-24(10-8-23)27-6-4-3-5-25(27)17-32/h3-10,15-16,20H,11-14,18-19H2,1-2H3. The van der Waals surface area contributed by atoms with Crippen LogP contribution in [0.1, 0.15) is 38.8 Å². The average Bonchev–Trinajstić information content (AvgIpc) is 3.30. The molecule has 1 saturated heterocycles. The number of carbonyl (C=O) groups is 1. The van der Waals surface area contributed by atoms with Gasteiger partial charge in [0, 0.05) is 32.2 Å². The first-order valence-corrected chi connectivity index (χ1v) is 12.8. The molecule has 8 nitrogen and oxygen atoms in total. The molecule has 2 aromatic heterocycles. The zero-order valence-corrected chi connectivity index (χ0v) is 22.0. The van der Waals surface area contributed by atoms with Gasteiger partial charge >= 0.3 is 0 Å². The first kappa shape index (κ1) is 26.0. The van der Waals surface area contributed by atoms with Crippen molar-refractivity contribution in [1.29, 1.82) is 5.26 Å². The molecule has 0 unspecified atom stereocenters. The summed E-state index contributed by atoms with van der Waals surface area (Å²) in [6, 6.07) is 20.6. The summed E-state index contributed by atoms with van der Waals surface area (Å²) in [7, 11) is 0. The van der Waals surface area contributed by atoms with Gasteiger partial charge in [0.1, 0.15) is 30.2 Å². The van der Waals surface area contributed by atoms with Gasteiger partial charge < -0.3 is 18.5 Å². The Bertz CT molecular complexity index is 1570. The van der Waals surface area contributed by atoms with E-state index in [2.05, 4.69) is 11.0 Å². The lowest BCUT2D eigenvalue weighted by Gasteiger charge is -2.34. The predicted molar refractivity (Wildman–Crippen MR) is 145 cm³/mol. The van der Waals surface area contributed by atoms with Crippen LogP contribution in [0.15, 0.2) is 80.6 Å². The quantitative estimate of drug-likeness (QED) is 0.339. The number of carbonyl (C=O) groups excluding carboxylic acids is 1. The van der Waals surface area contributed by atoms with Gasteiger partial charge in [-0.3, -0.25) is 14.5 Å². The Labute approximate surface area is 226 Å². The Morgan fingerprint density at radius 3 is 2.44 bits per heavy atom. The Morgan fingerprint density at radius 2 is 1.77 bits per heavy atom.